The van der Waals surface area contributed by atoms with Crippen molar-refractivity contribution >= 4 is 22.8 Å². The Labute approximate surface area is 235 Å². The van der Waals surface area contributed by atoms with Crippen LogP contribution in [0.5, 0.6) is 0 Å². The Morgan fingerprint density at radius 1 is 1.12 bits per heavy atom. The van der Waals surface area contributed by atoms with Gasteiger partial charge in [-0.2, -0.15) is 5.10 Å². The van der Waals surface area contributed by atoms with E-state index < -0.39 is 12.2 Å². The Morgan fingerprint density at radius 3 is 2.40 bits per heavy atom. The lowest BCUT2D eigenvalue weighted by Gasteiger charge is -2.28. The molecular formula is C30H40F3N7. The molecule has 216 valence electrons. The second-order valence-electron chi connectivity index (χ2n) is 9.40. The molecule has 2 fully saturated rings. The fourth-order valence-corrected chi connectivity index (χ4v) is 4.88. The molecule has 2 aromatic carbocycles. The number of piperazine rings is 1. The maximum Gasteiger partial charge on any atom is 0.264 e. The first-order valence-corrected chi connectivity index (χ1v) is 13.4. The van der Waals surface area contributed by atoms with Gasteiger partial charge in [0.15, 0.2) is 5.84 Å². The Balaban J connectivity index is 0.00000106. The average Bonchev–Trinajstić information content (AvgIpc) is 3.77. The minimum atomic E-state index is -2.61. The van der Waals surface area contributed by atoms with Crippen molar-refractivity contribution in [2.45, 2.75) is 38.8 Å². The Morgan fingerprint density at radius 2 is 1.82 bits per heavy atom. The molecule has 40 heavy (non-hydrogen) atoms. The number of nitrogens with two attached hydrogens (primary N) is 2. The van der Waals surface area contributed by atoms with Gasteiger partial charge in [-0.1, -0.05) is 18.2 Å². The molecule has 0 unspecified atom stereocenters. The standard InChI is InChI=1S/C27H31F3N6.C2H4.CH5N/c1-2-21-23(16-36(20-6-7-20)27(21)34-31)17-4-8-25(24(28)13-17)33-19-5-3-18(22(14-19)26(29)30)15-35-11-9-32-10-12-35;2*1-2/h2-5,8,13-14,16,20,26,32-33H,6-7,9-12,15,31H2,1H3;1-2H2;2H2,1H3/b21-2-,34-27+;;. The monoisotopic (exact) mass is 555 g/mol. The van der Waals surface area contributed by atoms with Crippen LogP contribution in [0.1, 0.15) is 42.9 Å². The van der Waals surface area contributed by atoms with Gasteiger partial charge in [0, 0.05) is 67.4 Å². The molecule has 2 heterocycles. The summed E-state index contributed by atoms with van der Waals surface area (Å²) in [5, 5.41) is 10.2. The smallest absolute Gasteiger partial charge is 0.264 e. The largest absolute Gasteiger partial charge is 0.353 e. The van der Waals surface area contributed by atoms with Crippen LogP contribution in [0, 0.1) is 5.82 Å². The molecule has 2 aliphatic heterocycles. The van der Waals surface area contributed by atoms with E-state index in [4.69, 9.17) is 5.84 Å². The van der Waals surface area contributed by atoms with E-state index in [1.54, 1.807) is 18.2 Å². The number of benzene rings is 2. The highest BCUT2D eigenvalue weighted by atomic mass is 19.3. The molecule has 1 saturated carbocycles. The molecular weight excluding hydrogens is 515 g/mol. The van der Waals surface area contributed by atoms with E-state index in [9.17, 15) is 8.78 Å². The van der Waals surface area contributed by atoms with Crippen molar-refractivity contribution in [3.8, 4) is 0 Å². The van der Waals surface area contributed by atoms with E-state index >= 15 is 4.39 Å². The third kappa shape index (κ3) is 7.12. The second-order valence-corrected chi connectivity index (χ2v) is 9.40. The lowest BCUT2D eigenvalue weighted by atomic mass is 9.99. The van der Waals surface area contributed by atoms with Crippen LogP contribution in [0.15, 0.2) is 72.5 Å². The van der Waals surface area contributed by atoms with Crippen LogP contribution in [-0.4, -0.2) is 54.9 Å². The number of nitrogens with one attached hydrogen (secondary N) is 2. The lowest BCUT2D eigenvalue weighted by molar-refractivity contribution is 0.147. The van der Waals surface area contributed by atoms with Gasteiger partial charge < -0.3 is 27.1 Å². The van der Waals surface area contributed by atoms with Gasteiger partial charge in [0.25, 0.3) is 6.43 Å². The first-order chi connectivity index (χ1) is 19.5. The zero-order chi connectivity index (χ0) is 29.2. The van der Waals surface area contributed by atoms with Gasteiger partial charge in [-0.05, 0) is 62.2 Å². The molecule has 3 aliphatic rings. The van der Waals surface area contributed by atoms with Crippen LogP contribution in [0.2, 0.25) is 0 Å². The number of halogens is 3. The summed E-state index contributed by atoms with van der Waals surface area (Å²) >= 11 is 0. The summed E-state index contributed by atoms with van der Waals surface area (Å²) in [7, 11) is 1.50. The van der Waals surface area contributed by atoms with E-state index in [0.717, 1.165) is 50.2 Å². The molecule has 7 nitrogen and oxygen atoms in total. The van der Waals surface area contributed by atoms with Gasteiger partial charge in [0.2, 0.25) is 0 Å². The lowest BCUT2D eigenvalue weighted by Crippen LogP contribution is -2.43. The molecule has 10 heteroatoms. The second kappa shape index (κ2) is 14.7. The van der Waals surface area contributed by atoms with Crippen molar-refractivity contribution in [2.75, 3.05) is 38.5 Å². The molecule has 1 aliphatic carbocycles. The van der Waals surface area contributed by atoms with Crippen LogP contribution in [0.25, 0.3) is 5.57 Å². The minimum absolute atomic E-state index is 0.0295. The van der Waals surface area contributed by atoms with Gasteiger partial charge in [0.05, 0.1) is 5.69 Å². The van der Waals surface area contributed by atoms with E-state index in [0.29, 0.717) is 35.2 Å². The summed E-state index contributed by atoms with van der Waals surface area (Å²) in [6, 6.07) is 10.1. The number of hydrogen-bond acceptors (Lipinski definition) is 6. The fourth-order valence-electron chi connectivity index (χ4n) is 4.88. The van der Waals surface area contributed by atoms with Gasteiger partial charge in [-0.3, -0.25) is 4.90 Å². The highest BCUT2D eigenvalue weighted by Crippen LogP contribution is 2.39. The summed E-state index contributed by atoms with van der Waals surface area (Å²) in [4.78, 5) is 4.22. The Hall–Kier alpha value is -3.60. The Kier molecular flexibility index (Phi) is 11.4. The zero-order valence-corrected chi connectivity index (χ0v) is 23.3. The van der Waals surface area contributed by atoms with Gasteiger partial charge in [0.1, 0.15) is 5.82 Å². The van der Waals surface area contributed by atoms with E-state index in [-0.39, 0.29) is 11.3 Å². The molecule has 6 N–H and O–H groups in total. The van der Waals surface area contributed by atoms with Crippen molar-refractivity contribution < 1.29 is 13.2 Å². The number of allylic oxidation sites excluding steroid dienone is 1. The van der Waals surface area contributed by atoms with Gasteiger partial charge in [-0.25, -0.2) is 13.2 Å². The van der Waals surface area contributed by atoms with Crippen LogP contribution >= 0.6 is 0 Å². The molecule has 5 rings (SSSR count). The highest BCUT2D eigenvalue weighted by Gasteiger charge is 2.37. The zero-order valence-electron chi connectivity index (χ0n) is 23.3. The number of rotatable bonds is 7. The van der Waals surface area contributed by atoms with Gasteiger partial charge in [-0.15, -0.1) is 13.2 Å². The number of hydrazone groups is 1. The molecule has 0 radical (unpaired) electrons. The summed E-state index contributed by atoms with van der Waals surface area (Å²) in [5.74, 6) is 5.89. The van der Waals surface area contributed by atoms with Crippen LogP contribution in [-0.2, 0) is 6.54 Å². The fraction of sp³-hybridized carbons (Fsp3) is 0.367. The summed E-state index contributed by atoms with van der Waals surface area (Å²) in [6.45, 7) is 11.7. The summed E-state index contributed by atoms with van der Waals surface area (Å²) in [5.41, 5.74) is 8.14. The first kappa shape index (κ1) is 30.9. The predicted molar refractivity (Wildman–Crippen MR) is 159 cm³/mol. The van der Waals surface area contributed by atoms with E-state index in [2.05, 4.69) is 44.4 Å². The van der Waals surface area contributed by atoms with Gasteiger partial charge >= 0.3 is 0 Å². The Bertz CT molecular complexity index is 1230. The molecule has 0 amide bonds. The first-order valence-electron chi connectivity index (χ1n) is 13.4. The molecule has 0 aromatic heterocycles. The maximum atomic E-state index is 15.2. The summed E-state index contributed by atoms with van der Waals surface area (Å²) < 4.78 is 42.9. The van der Waals surface area contributed by atoms with Crippen molar-refractivity contribution in [1.82, 2.24) is 15.1 Å². The maximum absolute atomic E-state index is 15.2. The topological polar surface area (TPSA) is 94.9 Å². The van der Waals surface area contributed by atoms with Crippen LogP contribution in [0.4, 0.5) is 24.5 Å². The SMILES string of the molecule is C/C=C1/C(c2ccc(Nc3ccc(CN4CCNCC4)c(C(F)F)c3)c(F)c2)=CN(C2CC2)/C1=N/N.C=C.CN. The van der Waals surface area contributed by atoms with Crippen molar-refractivity contribution in [2.24, 2.45) is 16.7 Å². The third-order valence-electron chi connectivity index (χ3n) is 6.94. The number of anilines is 2. The normalized spacial score (nSPS) is 19.2. The molecule has 2 aromatic rings. The van der Waals surface area contributed by atoms with Crippen molar-refractivity contribution in [3.63, 3.8) is 0 Å². The number of amidine groups is 1. The molecule has 0 bridgehead atoms. The van der Waals surface area contributed by atoms with Crippen LogP contribution in [0.3, 0.4) is 0 Å². The molecule has 0 spiro atoms. The number of alkyl halides is 2. The number of nitrogens with zero attached hydrogens (tertiary/aromatic N) is 3. The minimum Gasteiger partial charge on any atom is -0.353 e. The third-order valence-corrected chi connectivity index (χ3v) is 6.94. The van der Waals surface area contributed by atoms with E-state index in [1.807, 2.05) is 25.3 Å². The molecule has 0 atom stereocenters. The van der Waals surface area contributed by atoms with E-state index in [1.165, 1.54) is 19.2 Å². The summed E-state index contributed by atoms with van der Waals surface area (Å²) in [6.07, 6.45) is 3.44. The molecule has 1 saturated heterocycles. The van der Waals surface area contributed by atoms with Crippen molar-refractivity contribution in [3.05, 3.63) is 89.9 Å². The quantitative estimate of drug-likeness (QED) is 0.210. The predicted octanol–water partition coefficient (Wildman–Crippen LogP) is 5.33. The number of hydrogen-bond donors (Lipinski definition) is 4. The van der Waals surface area contributed by atoms with Crippen LogP contribution < -0.4 is 22.2 Å². The highest BCUT2D eigenvalue weighted by molar-refractivity contribution is 6.16. The average molecular weight is 556 g/mol. The van der Waals surface area contributed by atoms with Crippen molar-refractivity contribution in [1.29, 1.82) is 0 Å².